The van der Waals surface area contributed by atoms with Crippen LogP contribution < -0.4 is 10.6 Å². The molecule has 274 valence electrons. The summed E-state index contributed by atoms with van der Waals surface area (Å²) in [5, 5.41) is 6.02. The zero-order chi connectivity index (χ0) is 36.0. The quantitative estimate of drug-likeness (QED) is 0.160. The molecule has 3 aliphatic rings. The molecule has 0 unspecified atom stereocenters. The summed E-state index contributed by atoms with van der Waals surface area (Å²) in [5.41, 5.74) is 7.35. The number of aromatic amines is 1. The van der Waals surface area contributed by atoms with Crippen molar-refractivity contribution in [1.82, 2.24) is 39.6 Å². The molecular weight excluding hydrogens is 670 g/mol. The van der Waals surface area contributed by atoms with E-state index in [1.54, 1.807) is 4.90 Å². The second-order valence-electron chi connectivity index (χ2n) is 14.0. The van der Waals surface area contributed by atoms with E-state index in [1.165, 1.54) is 5.69 Å². The number of likely N-dealkylation sites (tertiary alicyclic amines) is 2. The van der Waals surface area contributed by atoms with Crippen LogP contribution in [-0.4, -0.2) is 91.9 Å². The Morgan fingerprint density at radius 1 is 0.925 bits per heavy atom. The minimum Gasteiger partial charge on any atom is -0.445 e. The molecule has 0 aliphatic carbocycles. The highest BCUT2D eigenvalue weighted by atomic mass is 16.6. The number of amides is 3. The van der Waals surface area contributed by atoms with Gasteiger partial charge in [0.1, 0.15) is 12.1 Å². The van der Waals surface area contributed by atoms with E-state index < -0.39 is 0 Å². The van der Waals surface area contributed by atoms with Crippen LogP contribution in [0.3, 0.4) is 0 Å². The zero-order valence-corrected chi connectivity index (χ0v) is 29.7. The molecule has 0 radical (unpaired) electrons. The maximum Gasteiger partial charge on any atom is 0.410 e. The molecule has 0 bridgehead atoms. The van der Waals surface area contributed by atoms with Crippen LogP contribution >= 0.6 is 0 Å². The molecule has 13 heteroatoms. The van der Waals surface area contributed by atoms with Gasteiger partial charge in [-0.2, -0.15) is 0 Å². The Labute approximate surface area is 308 Å². The molecule has 3 aromatic heterocycles. The Balaban J connectivity index is 0.906. The molecule has 3 amide bonds. The van der Waals surface area contributed by atoms with Crippen molar-refractivity contribution in [3.05, 3.63) is 102 Å². The Hall–Kier alpha value is -5.53. The highest BCUT2D eigenvalue weighted by Gasteiger charge is 2.27. The minimum atomic E-state index is -0.328. The van der Waals surface area contributed by atoms with Gasteiger partial charge < -0.3 is 34.6 Å². The fourth-order valence-corrected chi connectivity index (χ4v) is 7.41. The predicted octanol–water partition coefficient (Wildman–Crippen LogP) is 6.38. The maximum absolute atomic E-state index is 13.0. The molecule has 5 aromatic rings. The number of carbonyl (C=O) groups is 2. The highest BCUT2D eigenvalue weighted by molar-refractivity contribution is 5.90. The van der Waals surface area contributed by atoms with Crippen LogP contribution in [0.4, 0.5) is 15.3 Å². The fraction of sp³-hybridized carbons (Fsp3) is 0.375. The smallest absolute Gasteiger partial charge is 0.410 e. The number of benzene rings is 2. The number of piperidine rings is 2. The van der Waals surface area contributed by atoms with E-state index in [0.29, 0.717) is 56.7 Å². The van der Waals surface area contributed by atoms with Crippen LogP contribution in [0.15, 0.2) is 85.3 Å². The summed E-state index contributed by atoms with van der Waals surface area (Å²) >= 11 is 0. The lowest BCUT2D eigenvalue weighted by Gasteiger charge is -2.32. The number of hydrogen-bond donors (Lipinski definition) is 3. The van der Waals surface area contributed by atoms with Gasteiger partial charge in [0, 0.05) is 67.9 Å². The van der Waals surface area contributed by atoms with Gasteiger partial charge in [-0.25, -0.2) is 24.5 Å². The van der Waals surface area contributed by atoms with E-state index in [1.807, 2.05) is 73.2 Å². The van der Waals surface area contributed by atoms with Crippen molar-refractivity contribution in [2.75, 3.05) is 44.7 Å². The van der Waals surface area contributed by atoms with Crippen LogP contribution in [0.1, 0.15) is 55.1 Å². The first kappa shape index (κ1) is 34.6. The molecular formula is C40H45N9O4. The normalized spacial score (nSPS) is 17.4. The molecule has 0 spiro atoms. The average molecular weight is 716 g/mol. The van der Waals surface area contributed by atoms with Gasteiger partial charge in [0.05, 0.1) is 25.2 Å². The Morgan fingerprint density at radius 3 is 2.47 bits per heavy atom. The lowest BCUT2D eigenvalue weighted by molar-refractivity contribution is 0.0860. The molecule has 13 nitrogen and oxygen atoms in total. The SMILES string of the molecule is O=C(Nc1ccc(-c2nc(C3=CCOCC3)c3ncn(C4CCN(Cc5ccc[nH]5)CC4)c3n2)cc1)NC1CCN(C(=O)OCc2ccccc2)CC1. The summed E-state index contributed by atoms with van der Waals surface area (Å²) in [5.74, 6) is 0.621. The predicted molar refractivity (Wildman–Crippen MR) is 202 cm³/mol. The number of nitrogens with one attached hydrogen (secondary N) is 3. The third-order valence-electron chi connectivity index (χ3n) is 10.4. The lowest BCUT2D eigenvalue weighted by Crippen LogP contribution is -2.47. The topological polar surface area (TPSA) is 143 Å². The molecule has 3 N–H and O–H groups in total. The van der Waals surface area contributed by atoms with E-state index in [-0.39, 0.29) is 24.8 Å². The van der Waals surface area contributed by atoms with Crippen LogP contribution in [-0.2, 0) is 22.6 Å². The van der Waals surface area contributed by atoms with Crippen molar-refractivity contribution < 1.29 is 19.1 Å². The number of aromatic nitrogens is 5. The molecule has 2 aromatic carbocycles. The van der Waals surface area contributed by atoms with Gasteiger partial charge in [-0.1, -0.05) is 36.4 Å². The van der Waals surface area contributed by atoms with Gasteiger partial charge in [0.2, 0.25) is 0 Å². The lowest BCUT2D eigenvalue weighted by atomic mass is 10.0. The summed E-state index contributed by atoms with van der Waals surface area (Å²) in [6, 6.07) is 21.4. The first-order chi connectivity index (χ1) is 26.1. The molecule has 53 heavy (non-hydrogen) atoms. The standard InChI is InChI=1S/C40H45N9O4/c50-39(44-32-12-21-48(22-13-32)40(51)53-26-28-5-2-1-3-6-28)43-31-10-8-30(9-11-31)37-45-35(29-16-23-52-24-17-29)36-38(46-37)49(27-42-36)34-14-19-47(20-15-34)25-33-7-4-18-41-33/h1-11,16,18,27,32,34,41H,12-15,17,19-26H2,(H2,43,44,50). The molecule has 2 fully saturated rings. The summed E-state index contributed by atoms with van der Waals surface area (Å²) in [4.78, 5) is 48.0. The first-order valence-corrected chi connectivity index (χ1v) is 18.6. The molecule has 2 saturated heterocycles. The van der Waals surface area contributed by atoms with Crippen molar-refractivity contribution >= 4 is 34.5 Å². The summed E-state index contributed by atoms with van der Waals surface area (Å²) < 4.78 is 13.3. The first-order valence-electron chi connectivity index (χ1n) is 18.6. The monoisotopic (exact) mass is 715 g/mol. The fourth-order valence-electron chi connectivity index (χ4n) is 7.41. The number of nitrogens with zero attached hydrogens (tertiary/aromatic N) is 6. The van der Waals surface area contributed by atoms with E-state index >= 15 is 0 Å². The number of H-pyrrole nitrogens is 1. The molecule has 3 aliphatic heterocycles. The van der Waals surface area contributed by atoms with Gasteiger partial charge in [0.15, 0.2) is 11.5 Å². The number of hydrogen-bond acceptors (Lipinski definition) is 8. The third-order valence-corrected chi connectivity index (χ3v) is 10.4. The Kier molecular flexibility index (Phi) is 10.4. The van der Waals surface area contributed by atoms with Crippen molar-refractivity contribution in [3.8, 4) is 11.4 Å². The van der Waals surface area contributed by atoms with Gasteiger partial charge in [-0.15, -0.1) is 0 Å². The van der Waals surface area contributed by atoms with E-state index in [0.717, 1.165) is 72.5 Å². The second kappa shape index (κ2) is 16.0. The van der Waals surface area contributed by atoms with Crippen LogP contribution in [0.2, 0.25) is 0 Å². The van der Waals surface area contributed by atoms with Gasteiger partial charge in [0.25, 0.3) is 0 Å². The maximum atomic E-state index is 13.0. The highest BCUT2D eigenvalue weighted by Crippen LogP contribution is 2.32. The van der Waals surface area contributed by atoms with Gasteiger partial charge >= 0.3 is 12.1 Å². The number of carbonyl (C=O) groups excluding carboxylic acids is 2. The number of urea groups is 1. The molecule has 0 saturated carbocycles. The van der Waals surface area contributed by atoms with Crippen LogP contribution in [0.5, 0.6) is 0 Å². The Bertz CT molecular complexity index is 2030. The Morgan fingerprint density at radius 2 is 1.74 bits per heavy atom. The van der Waals surface area contributed by atoms with Crippen molar-refractivity contribution in [3.63, 3.8) is 0 Å². The zero-order valence-electron chi connectivity index (χ0n) is 29.7. The number of fused-ring (bicyclic) bond motifs is 1. The van der Waals surface area contributed by atoms with Crippen molar-refractivity contribution in [2.24, 2.45) is 0 Å². The van der Waals surface area contributed by atoms with E-state index in [4.69, 9.17) is 24.4 Å². The number of rotatable bonds is 9. The minimum absolute atomic E-state index is 0.0402. The van der Waals surface area contributed by atoms with E-state index in [2.05, 4.69) is 37.2 Å². The van der Waals surface area contributed by atoms with Crippen molar-refractivity contribution in [2.45, 2.75) is 57.3 Å². The molecule has 0 atom stereocenters. The molecule has 6 heterocycles. The average Bonchev–Trinajstić information content (AvgIpc) is 3.89. The number of imidazole rings is 1. The third kappa shape index (κ3) is 8.26. The molecule has 8 rings (SSSR count). The van der Waals surface area contributed by atoms with Gasteiger partial charge in [-0.05, 0) is 79.6 Å². The second-order valence-corrected chi connectivity index (χ2v) is 14.0. The number of ether oxygens (including phenoxy) is 2. The van der Waals surface area contributed by atoms with Crippen LogP contribution in [0, 0.1) is 0 Å². The summed E-state index contributed by atoms with van der Waals surface area (Å²) in [6.07, 6.45) is 9.79. The van der Waals surface area contributed by atoms with E-state index in [9.17, 15) is 9.59 Å². The number of anilines is 1. The van der Waals surface area contributed by atoms with Gasteiger partial charge in [-0.3, -0.25) is 4.90 Å². The summed E-state index contributed by atoms with van der Waals surface area (Å²) in [7, 11) is 0. The summed E-state index contributed by atoms with van der Waals surface area (Å²) in [6.45, 7) is 5.43. The van der Waals surface area contributed by atoms with Crippen molar-refractivity contribution in [1.29, 1.82) is 0 Å². The van der Waals surface area contributed by atoms with Crippen LogP contribution in [0.25, 0.3) is 28.1 Å². The largest absolute Gasteiger partial charge is 0.445 e.